The maximum Gasteiger partial charge on any atom is 0.126 e. The highest BCUT2D eigenvalue weighted by molar-refractivity contribution is 9.11. The average molecular weight is 402 g/mol. The van der Waals surface area contributed by atoms with E-state index in [1.807, 2.05) is 31.2 Å². The molecule has 2 aromatic carbocycles. The first-order chi connectivity index (χ1) is 9.52. The van der Waals surface area contributed by atoms with E-state index < -0.39 is 0 Å². The van der Waals surface area contributed by atoms with Gasteiger partial charge in [0, 0.05) is 4.47 Å². The third-order valence-electron chi connectivity index (χ3n) is 3.04. The molecule has 0 spiro atoms. The number of rotatable bonds is 4. The Kier molecular flexibility index (Phi) is 5.22. The predicted octanol–water partition coefficient (Wildman–Crippen LogP) is 5.78. The van der Waals surface area contributed by atoms with Gasteiger partial charge in [0.1, 0.15) is 11.6 Å². The average Bonchev–Trinajstić information content (AvgIpc) is 2.42. The zero-order valence-corrected chi connectivity index (χ0v) is 14.5. The molecule has 0 N–H and O–H groups in total. The highest BCUT2D eigenvalue weighted by Crippen LogP contribution is 2.37. The van der Waals surface area contributed by atoms with Crippen LogP contribution in [0.3, 0.4) is 0 Å². The third kappa shape index (κ3) is 3.41. The molecule has 0 radical (unpaired) electrons. The van der Waals surface area contributed by atoms with Gasteiger partial charge in [-0.3, -0.25) is 0 Å². The lowest BCUT2D eigenvalue weighted by Gasteiger charge is -2.14. The Hall–Kier alpha value is -0.870. The quantitative estimate of drug-likeness (QED) is 0.590. The summed E-state index contributed by atoms with van der Waals surface area (Å²) in [6, 6.07) is 11.1. The number of alkyl halides is 1. The second kappa shape index (κ2) is 6.72. The second-order valence-corrected chi connectivity index (χ2v) is 6.26. The van der Waals surface area contributed by atoms with Gasteiger partial charge in [-0.2, -0.15) is 0 Å². The van der Waals surface area contributed by atoms with Crippen molar-refractivity contribution >= 4 is 31.9 Å². The Morgan fingerprint density at radius 1 is 1.20 bits per heavy atom. The molecule has 0 saturated carbocycles. The molecule has 1 unspecified atom stereocenters. The van der Waals surface area contributed by atoms with Gasteiger partial charge < -0.3 is 4.74 Å². The smallest absolute Gasteiger partial charge is 0.126 e. The maximum atomic E-state index is 13.7. The number of halogens is 3. The molecular weight excluding hydrogens is 387 g/mol. The molecule has 2 aromatic rings. The normalized spacial score (nSPS) is 12.2. The Morgan fingerprint density at radius 3 is 2.55 bits per heavy atom. The van der Waals surface area contributed by atoms with E-state index in [2.05, 4.69) is 31.9 Å². The number of hydrogen-bond acceptors (Lipinski definition) is 1. The van der Waals surface area contributed by atoms with Crippen LogP contribution in [-0.4, -0.2) is 6.61 Å². The van der Waals surface area contributed by atoms with Crippen molar-refractivity contribution in [1.82, 2.24) is 0 Å². The van der Waals surface area contributed by atoms with E-state index in [4.69, 9.17) is 4.74 Å². The molecule has 0 aliphatic heterocycles. The van der Waals surface area contributed by atoms with Gasteiger partial charge in [-0.15, -0.1) is 0 Å². The summed E-state index contributed by atoms with van der Waals surface area (Å²) < 4.78 is 20.1. The van der Waals surface area contributed by atoms with Crippen molar-refractivity contribution in [2.75, 3.05) is 6.61 Å². The van der Waals surface area contributed by atoms with Crippen molar-refractivity contribution in [3.05, 3.63) is 63.4 Å². The fourth-order valence-electron chi connectivity index (χ4n) is 1.92. The van der Waals surface area contributed by atoms with Crippen LogP contribution in [0.5, 0.6) is 5.75 Å². The lowest BCUT2D eigenvalue weighted by molar-refractivity contribution is 0.340. The van der Waals surface area contributed by atoms with Crippen LogP contribution in [0.15, 0.2) is 40.9 Å². The highest BCUT2D eigenvalue weighted by atomic mass is 79.9. The van der Waals surface area contributed by atoms with Crippen LogP contribution >= 0.6 is 31.9 Å². The molecule has 20 heavy (non-hydrogen) atoms. The van der Waals surface area contributed by atoms with Gasteiger partial charge in [0.05, 0.1) is 11.4 Å². The van der Waals surface area contributed by atoms with Gasteiger partial charge in [-0.25, -0.2) is 4.39 Å². The summed E-state index contributed by atoms with van der Waals surface area (Å²) in [7, 11) is 0. The van der Waals surface area contributed by atoms with E-state index in [1.54, 1.807) is 19.1 Å². The summed E-state index contributed by atoms with van der Waals surface area (Å²) >= 11 is 7.17. The van der Waals surface area contributed by atoms with Gasteiger partial charge in [0.15, 0.2) is 0 Å². The molecule has 0 fully saturated rings. The fraction of sp³-hybridized carbons (Fsp3) is 0.250. The molecule has 0 aliphatic carbocycles. The minimum atomic E-state index is -0.186. The predicted molar refractivity (Wildman–Crippen MR) is 87.2 cm³/mol. The first-order valence-electron chi connectivity index (χ1n) is 6.35. The van der Waals surface area contributed by atoms with Crippen LogP contribution in [0.25, 0.3) is 0 Å². The van der Waals surface area contributed by atoms with E-state index >= 15 is 0 Å². The van der Waals surface area contributed by atoms with Gasteiger partial charge in [0.25, 0.3) is 0 Å². The lowest BCUT2D eigenvalue weighted by Crippen LogP contribution is -1.97. The Morgan fingerprint density at radius 2 is 1.95 bits per heavy atom. The van der Waals surface area contributed by atoms with Crippen molar-refractivity contribution in [3.8, 4) is 5.75 Å². The van der Waals surface area contributed by atoms with Crippen LogP contribution in [0.2, 0.25) is 0 Å². The largest absolute Gasteiger partial charge is 0.494 e. The standard InChI is InChI=1S/C16H15Br2FO/c1-3-20-12-6-7-13(14(17)9-12)16(18)11-5-4-10(2)15(19)8-11/h4-9,16H,3H2,1-2H3. The highest BCUT2D eigenvalue weighted by Gasteiger charge is 2.15. The summed E-state index contributed by atoms with van der Waals surface area (Å²) in [4.78, 5) is -0.0670. The van der Waals surface area contributed by atoms with Crippen LogP contribution in [-0.2, 0) is 0 Å². The van der Waals surface area contributed by atoms with Gasteiger partial charge in [-0.1, -0.05) is 50.1 Å². The monoisotopic (exact) mass is 400 g/mol. The molecule has 0 saturated heterocycles. The third-order valence-corrected chi connectivity index (χ3v) is 4.75. The molecule has 0 amide bonds. The van der Waals surface area contributed by atoms with E-state index in [0.717, 1.165) is 21.3 Å². The topological polar surface area (TPSA) is 9.23 Å². The van der Waals surface area contributed by atoms with E-state index in [9.17, 15) is 4.39 Å². The lowest BCUT2D eigenvalue weighted by atomic mass is 10.0. The Balaban J connectivity index is 2.32. The van der Waals surface area contributed by atoms with Crippen molar-refractivity contribution in [2.24, 2.45) is 0 Å². The van der Waals surface area contributed by atoms with Crippen molar-refractivity contribution in [3.63, 3.8) is 0 Å². The first-order valence-corrected chi connectivity index (χ1v) is 8.06. The zero-order chi connectivity index (χ0) is 14.7. The molecule has 1 atom stereocenters. The Bertz CT molecular complexity index is 613. The number of ether oxygens (including phenoxy) is 1. The van der Waals surface area contributed by atoms with E-state index in [1.165, 1.54) is 0 Å². The number of hydrogen-bond donors (Lipinski definition) is 0. The SMILES string of the molecule is CCOc1ccc(C(Br)c2ccc(C)c(F)c2)c(Br)c1. The molecule has 0 bridgehead atoms. The van der Waals surface area contributed by atoms with Crippen LogP contribution in [0.4, 0.5) is 4.39 Å². The van der Waals surface area contributed by atoms with Crippen molar-refractivity contribution in [2.45, 2.75) is 18.7 Å². The number of benzene rings is 2. The maximum absolute atomic E-state index is 13.7. The molecule has 2 rings (SSSR count). The van der Waals surface area contributed by atoms with Crippen LogP contribution in [0, 0.1) is 12.7 Å². The van der Waals surface area contributed by atoms with Gasteiger partial charge in [-0.05, 0) is 48.7 Å². The minimum absolute atomic E-state index is 0.0670. The molecule has 106 valence electrons. The minimum Gasteiger partial charge on any atom is -0.494 e. The molecule has 0 heterocycles. The molecule has 0 aliphatic rings. The van der Waals surface area contributed by atoms with Crippen LogP contribution < -0.4 is 4.74 Å². The van der Waals surface area contributed by atoms with E-state index in [0.29, 0.717) is 12.2 Å². The van der Waals surface area contributed by atoms with Crippen LogP contribution in [0.1, 0.15) is 28.4 Å². The summed E-state index contributed by atoms with van der Waals surface area (Å²) in [5, 5.41) is 0. The first kappa shape index (κ1) is 15.5. The molecule has 0 aromatic heterocycles. The Labute approximate surface area is 135 Å². The zero-order valence-electron chi connectivity index (χ0n) is 11.3. The molecule has 1 nitrogen and oxygen atoms in total. The van der Waals surface area contributed by atoms with Gasteiger partial charge >= 0.3 is 0 Å². The van der Waals surface area contributed by atoms with Gasteiger partial charge in [0.2, 0.25) is 0 Å². The second-order valence-electron chi connectivity index (χ2n) is 4.49. The van der Waals surface area contributed by atoms with E-state index in [-0.39, 0.29) is 10.6 Å². The summed E-state index contributed by atoms with van der Waals surface area (Å²) in [6.45, 7) is 4.34. The summed E-state index contributed by atoms with van der Waals surface area (Å²) in [6.07, 6.45) is 0. The van der Waals surface area contributed by atoms with Crippen molar-refractivity contribution < 1.29 is 9.13 Å². The summed E-state index contributed by atoms with van der Waals surface area (Å²) in [5.74, 6) is 0.631. The molecule has 4 heteroatoms. The summed E-state index contributed by atoms with van der Waals surface area (Å²) in [5.41, 5.74) is 2.58. The van der Waals surface area contributed by atoms with Crippen molar-refractivity contribution in [1.29, 1.82) is 0 Å². The fourth-order valence-corrected chi connectivity index (χ4v) is 3.49. The molecular formula is C16H15Br2FO. The number of aryl methyl sites for hydroxylation is 1.